The molecule has 140 valence electrons. The van der Waals surface area contributed by atoms with Crippen LogP contribution in [0.25, 0.3) is 5.70 Å². The van der Waals surface area contributed by atoms with E-state index in [4.69, 9.17) is 10.00 Å². The minimum absolute atomic E-state index is 0.0596. The van der Waals surface area contributed by atoms with Gasteiger partial charge >= 0.3 is 5.97 Å². The third-order valence-electron chi connectivity index (χ3n) is 4.22. The van der Waals surface area contributed by atoms with Gasteiger partial charge in [0.25, 0.3) is 11.8 Å². The number of benzene rings is 2. The van der Waals surface area contributed by atoms with Crippen LogP contribution in [0.1, 0.15) is 27.9 Å². The summed E-state index contributed by atoms with van der Waals surface area (Å²) in [7, 11) is 0. The summed E-state index contributed by atoms with van der Waals surface area (Å²) in [5.41, 5.74) is 2.70. The highest BCUT2D eigenvalue weighted by Crippen LogP contribution is 2.31. The van der Waals surface area contributed by atoms with Gasteiger partial charge in [0, 0.05) is 29.1 Å². The smallest absolute Gasteiger partial charge is 0.308 e. The Morgan fingerprint density at radius 1 is 1.14 bits per heavy atom. The number of nitrogens with zero attached hydrogens (tertiary/aromatic N) is 2. The van der Waals surface area contributed by atoms with Crippen LogP contribution in [-0.4, -0.2) is 35.8 Å². The molecular formula is C21H17N3O4. The van der Waals surface area contributed by atoms with Crippen LogP contribution >= 0.6 is 0 Å². The van der Waals surface area contributed by atoms with Crippen LogP contribution in [0.4, 0.5) is 5.69 Å². The summed E-state index contributed by atoms with van der Waals surface area (Å²) < 4.78 is 4.96. The van der Waals surface area contributed by atoms with Gasteiger partial charge in [-0.25, -0.2) is 0 Å². The van der Waals surface area contributed by atoms with Crippen molar-refractivity contribution in [1.82, 2.24) is 4.90 Å². The van der Waals surface area contributed by atoms with Crippen molar-refractivity contribution in [3.8, 4) is 6.07 Å². The zero-order chi connectivity index (χ0) is 20.1. The zero-order valence-corrected chi connectivity index (χ0v) is 15.0. The average Bonchev–Trinajstić information content (AvgIpc) is 2.95. The number of amides is 2. The summed E-state index contributed by atoms with van der Waals surface area (Å²) in [5.74, 6) is -1.32. The van der Waals surface area contributed by atoms with E-state index in [-0.39, 0.29) is 18.9 Å². The fraction of sp³-hybridized carbons (Fsp3) is 0.143. The van der Waals surface area contributed by atoms with Gasteiger partial charge in [0.15, 0.2) is 6.61 Å². The number of esters is 1. The molecule has 0 atom stereocenters. The molecule has 7 heteroatoms. The molecular weight excluding hydrogens is 358 g/mol. The molecule has 1 aliphatic rings. The lowest BCUT2D eigenvalue weighted by Crippen LogP contribution is -2.27. The Kier molecular flexibility index (Phi) is 5.51. The molecule has 2 amide bonds. The van der Waals surface area contributed by atoms with Crippen LogP contribution in [0.5, 0.6) is 0 Å². The molecule has 1 aliphatic heterocycles. The summed E-state index contributed by atoms with van der Waals surface area (Å²) in [6, 6.07) is 15.5. The number of hydrogen-bond acceptors (Lipinski definition) is 5. The Balaban J connectivity index is 1.46. The van der Waals surface area contributed by atoms with Gasteiger partial charge in [0.05, 0.1) is 18.1 Å². The lowest BCUT2D eigenvalue weighted by Gasteiger charge is -2.16. The molecule has 0 bridgehead atoms. The molecule has 0 unspecified atom stereocenters. The minimum atomic E-state index is -0.600. The van der Waals surface area contributed by atoms with E-state index in [9.17, 15) is 14.4 Å². The van der Waals surface area contributed by atoms with Crippen LogP contribution in [0, 0.1) is 11.3 Å². The summed E-state index contributed by atoms with van der Waals surface area (Å²) in [6.07, 6.45) is -0.0596. The van der Waals surface area contributed by atoms with Crippen molar-refractivity contribution in [2.24, 2.45) is 0 Å². The third kappa shape index (κ3) is 4.07. The van der Waals surface area contributed by atoms with E-state index >= 15 is 0 Å². The van der Waals surface area contributed by atoms with Crippen LogP contribution in [0.2, 0.25) is 0 Å². The first-order valence-electron chi connectivity index (χ1n) is 8.55. The molecule has 2 aromatic rings. The largest absolute Gasteiger partial charge is 0.456 e. The Hall–Kier alpha value is -3.92. The highest BCUT2D eigenvalue weighted by Gasteiger charge is 2.30. The standard InChI is InChI=1S/C21H17N3O4/c1-14-17-7-2-3-8-18(17)21(27)24(14)10-9-20(26)28-13-19(25)23-16-6-4-5-15(11-16)12-22/h2-8,11H,1,9-10,13H2,(H,23,25). The number of carbonyl (C=O) groups is 3. The van der Waals surface area contributed by atoms with Gasteiger partial charge in [-0.3, -0.25) is 14.4 Å². The van der Waals surface area contributed by atoms with Gasteiger partial charge in [-0.15, -0.1) is 0 Å². The average molecular weight is 375 g/mol. The van der Waals surface area contributed by atoms with Gasteiger partial charge in [-0.05, 0) is 24.3 Å². The minimum Gasteiger partial charge on any atom is -0.456 e. The fourth-order valence-electron chi connectivity index (χ4n) is 2.86. The second-order valence-electron chi connectivity index (χ2n) is 6.10. The molecule has 0 fully saturated rings. The first-order valence-corrected chi connectivity index (χ1v) is 8.55. The van der Waals surface area contributed by atoms with Crippen molar-refractivity contribution >= 4 is 29.2 Å². The maximum absolute atomic E-state index is 12.4. The highest BCUT2D eigenvalue weighted by molar-refractivity contribution is 6.08. The Bertz CT molecular complexity index is 972. The lowest BCUT2D eigenvalue weighted by atomic mass is 10.1. The zero-order valence-electron chi connectivity index (χ0n) is 15.0. The second-order valence-corrected chi connectivity index (χ2v) is 6.10. The maximum Gasteiger partial charge on any atom is 0.308 e. The van der Waals surface area contributed by atoms with Crippen molar-refractivity contribution in [3.05, 3.63) is 71.8 Å². The fourth-order valence-corrected chi connectivity index (χ4v) is 2.86. The monoisotopic (exact) mass is 375 g/mol. The lowest BCUT2D eigenvalue weighted by molar-refractivity contribution is -0.147. The van der Waals surface area contributed by atoms with Crippen molar-refractivity contribution in [1.29, 1.82) is 5.26 Å². The van der Waals surface area contributed by atoms with Gasteiger partial charge in [-0.1, -0.05) is 30.8 Å². The second kappa shape index (κ2) is 8.18. The number of rotatable bonds is 6. The van der Waals surface area contributed by atoms with E-state index in [0.717, 1.165) is 5.56 Å². The van der Waals surface area contributed by atoms with Crippen molar-refractivity contribution < 1.29 is 19.1 Å². The van der Waals surface area contributed by atoms with Crippen molar-refractivity contribution in [3.63, 3.8) is 0 Å². The van der Waals surface area contributed by atoms with Crippen molar-refractivity contribution in [2.45, 2.75) is 6.42 Å². The van der Waals surface area contributed by atoms with E-state index in [1.165, 1.54) is 11.0 Å². The summed E-state index contributed by atoms with van der Waals surface area (Å²) in [4.78, 5) is 37.6. The van der Waals surface area contributed by atoms with E-state index in [1.807, 2.05) is 12.1 Å². The summed E-state index contributed by atoms with van der Waals surface area (Å²) >= 11 is 0. The predicted octanol–water partition coefficient (Wildman–Crippen LogP) is 2.56. The third-order valence-corrected chi connectivity index (χ3v) is 4.22. The molecule has 7 nitrogen and oxygen atoms in total. The molecule has 0 radical (unpaired) electrons. The molecule has 0 saturated carbocycles. The van der Waals surface area contributed by atoms with Crippen LogP contribution in [-0.2, 0) is 14.3 Å². The number of ether oxygens (including phenoxy) is 1. The van der Waals surface area contributed by atoms with Gasteiger partial charge in [0.1, 0.15) is 0 Å². The number of anilines is 1. The number of carbonyl (C=O) groups excluding carboxylic acids is 3. The number of fused-ring (bicyclic) bond motifs is 1. The number of nitrogens with one attached hydrogen (secondary N) is 1. The Morgan fingerprint density at radius 2 is 1.89 bits per heavy atom. The molecule has 28 heavy (non-hydrogen) atoms. The molecule has 2 aromatic carbocycles. The van der Waals surface area contributed by atoms with Gasteiger partial charge < -0.3 is 15.0 Å². The Morgan fingerprint density at radius 3 is 2.61 bits per heavy atom. The van der Waals surface area contributed by atoms with Crippen LogP contribution in [0.3, 0.4) is 0 Å². The molecule has 0 saturated heterocycles. The number of hydrogen-bond donors (Lipinski definition) is 1. The first-order chi connectivity index (χ1) is 13.5. The molecule has 1 heterocycles. The molecule has 0 aliphatic carbocycles. The van der Waals surface area contributed by atoms with Gasteiger partial charge in [0.2, 0.25) is 0 Å². The first kappa shape index (κ1) is 18.9. The summed E-state index contributed by atoms with van der Waals surface area (Å²) in [5, 5.41) is 11.4. The Labute approximate surface area is 161 Å². The van der Waals surface area contributed by atoms with E-state index in [1.54, 1.807) is 36.4 Å². The topological polar surface area (TPSA) is 99.5 Å². The summed E-state index contributed by atoms with van der Waals surface area (Å²) in [6.45, 7) is 3.57. The van der Waals surface area contributed by atoms with E-state index in [0.29, 0.717) is 22.5 Å². The predicted molar refractivity (Wildman–Crippen MR) is 102 cm³/mol. The van der Waals surface area contributed by atoms with E-state index < -0.39 is 18.5 Å². The van der Waals surface area contributed by atoms with Crippen molar-refractivity contribution in [2.75, 3.05) is 18.5 Å². The molecule has 3 rings (SSSR count). The molecule has 0 aromatic heterocycles. The van der Waals surface area contributed by atoms with Gasteiger partial charge in [-0.2, -0.15) is 5.26 Å². The molecule has 1 N–H and O–H groups in total. The van der Waals surface area contributed by atoms with E-state index in [2.05, 4.69) is 11.9 Å². The number of nitriles is 1. The van der Waals surface area contributed by atoms with Crippen LogP contribution < -0.4 is 5.32 Å². The quantitative estimate of drug-likeness (QED) is 0.782. The molecule has 0 spiro atoms. The normalized spacial score (nSPS) is 12.3. The maximum atomic E-state index is 12.4. The highest BCUT2D eigenvalue weighted by atomic mass is 16.5. The SMILES string of the molecule is C=C1c2ccccc2C(=O)N1CCC(=O)OCC(=O)Nc1cccc(C#N)c1. The van der Waals surface area contributed by atoms with Crippen LogP contribution in [0.15, 0.2) is 55.1 Å².